The van der Waals surface area contributed by atoms with Gasteiger partial charge in [0.15, 0.2) is 0 Å². The number of nitriles is 1. The monoisotopic (exact) mass is 278 g/mol. The molecule has 0 aliphatic rings. The van der Waals surface area contributed by atoms with E-state index in [0.29, 0.717) is 4.34 Å². The molecule has 1 atom stereocenters. The van der Waals surface area contributed by atoms with Crippen molar-refractivity contribution in [1.29, 1.82) is 5.26 Å². The van der Waals surface area contributed by atoms with Crippen molar-refractivity contribution in [3.8, 4) is 6.07 Å². The van der Waals surface area contributed by atoms with Crippen LogP contribution in [0.2, 0.25) is 4.34 Å². The minimum atomic E-state index is -0.214. The summed E-state index contributed by atoms with van der Waals surface area (Å²) in [6.07, 6.45) is 0. The summed E-state index contributed by atoms with van der Waals surface area (Å²) in [5, 5.41) is 8.91. The number of nitrogens with zero attached hydrogens (tertiary/aromatic N) is 2. The summed E-state index contributed by atoms with van der Waals surface area (Å²) >= 11 is 10.6. The van der Waals surface area contributed by atoms with E-state index in [0.717, 1.165) is 9.35 Å². The Kier molecular flexibility index (Phi) is 3.74. The van der Waals surface area contributed by atoms with E-state index in [9.17, 15) is 0 Å². The molecule has 1 rings (SSSR count). The Morgan fingerprint density at radius 1 is 1.69 bits per heavy atom. The molecule has 13 heavy (non-hydrogen) atoms. The summed E-state index contributed by atoms with van der Waals surface area (Å²) in [4.78, 5) is 2.82. The third kappa shape index (κ3) is 2.44. The van der Waals surface area contributed by atoms with Gasteiger partial charge in [0.25, 0.3) is 0 Å². The normalized spacial score (nSPS) is 12.9. The standard InChI is InChI=1S/C8H8BrClN2S/c1-12(2)6(4-11)7-3-5(9)8(10)13-7/h3,6H,1-2H3. The maximum absolute atomic E-state index is 8.91. The van der Waals surface area contributed by atoms with Gasteiger partial charge in [0.05, 0.1) is 6.07 Å². The zero-order valence-electron chi connectivity index (χ0n) is 7.21. The van der Waals surface area contributed by atoms with E-state index >= 15 is 0 Å². The fourth-order valence-corrected chi connectivity index (χ4v) is 2.81. The number of hydrogen-bond donors (Lipinski definition) is 0. The van der Waals surface area contributed by atoms with Gasteiger partial charge in [-0.2, -0.15) is 5.26 Å². The lowest BCUT2D eigenvalue weighted by Crippen LogP contribution is -2.16. The minimum Gasteiger partial charge on any atom is -0.290 e. The first-order chi connectivity index (χ1) is 6.06. The van der Waals surface area contributed by atoms with Crippen molar-refractivity contribution in [3.63, 3.8) is 0 Å². The number of thiophene rings is 1. The molecule has 1 aromatic heterocycles. The molecule has 70 valence electrons. The largest absolute Gasteiger partial charge is 0.290 e. The third-order valence-electron chi connectivity index (χ3n) is 1.57. The number of halogens is 2. The second-order valence-electron chi connectivity index (χ2n) is 2.77. The van der Waals surface area contributed by atoms with E-state index in [1.807, 2.05) is 25.1 Å². The molecule has 1 heterocycles. The molecule has 0 aromatic carbocycles. The summed E-state index contributed by atoms with van der Waals surface area (Å²) in [5.74, 6) is 0. The Morgan fingerprint density at radius 3 is 2.62 bits per heavy atom. The van der Waals surface area contributed by atoms with Crippen LogP contribution in [0.4, 0.5) is 0 Å². The molecule has 5 heteroatoms. The first-order valence-electron chi connectivity index (χ1n) is 3.57. The fraction of sp³-hybridized carbons (Fsp3) is 0.375. The van der Waals surface area contributed by atoms with Crippen LogP contribution < -0.4 is 0 Å². The lowest BCUT2D eigenvalue weighted by Gasteiger charge is -2.14. The van der Waals surface area contributed by atoms with Gasteiger partial charge in [-0.3, -0.25) is 4.90 Å². The highest BCUT2D eigenvalue weighted by Crippen LogP contribution is 2.36. The van der Waals surface area contributed by atoms with Crippen molar-refractivity contribution >= 4 is 38.9 Å². The van der Waals surface area contributed by atoms with E-state index in [2.05, 4.69) is 22.0 Å². The van der Waals surface area contributed by atoms with Gasteiger partial charge in [0.2, 0.25) is 0 Å². The molecular weight excluding hydrogens is 272 g/mol. The maximum Gasteiger partial charge on any atom is 0.132 e. The summed E-state index contributed by atoms with van der Waals surface area (Å²) in [6, 6.07) is 3.89. The highest BCUT2D eigenvalue weighted by molar-refractivity contribution is 9.10. The van der Waals surface area contributed by atoms with E-state index in [4.69, 9.17) is 16.9 Å². The molecule has 0 saturated carbocycles. The van der Waals surface area contributed by atoms with E-state index < -0.39 is 0 Å². The van der Waals surface area contributed by atoms with Crippen LogP contribution in [0.15, 0.2) is 10.5 Å². The fourth-order valence-electron chi connectivity index (χ4n) is 0.932. The molecule has 0 N–H and O–H groups in total. The van der Waals surface area contributed by atoms with Crippen molar-refractivity contribution in [2.24, 2.45) is 0 Å². The summed E-state index contributed by atoms with van der Waals surface area (Å²) in [6.45, 7) is 0. The first-order valence-corrected chi connectivity index (χ1v) is 5.55. The Bertz CT molecular complexity index is 323. The zero-order valence-corrected chi connectivity index (χ0v) is 10.4. The van der Waals surface area contributed by atoms with Gasteiger partial charge in [0.1, 0.15) is 10.4 Å². The Balaban J connectivity index is 3.00. The van der Waals surface area contributed by atoms with Gasteiger partial charge in [-0.05, 0) is 36.1 Å². The van der Waals surface area contributed by atoms with Gasteiger partial charge >= 0.3 is 0 Å². The van der Waals surface area contributed by atoms with Crippen LogP contribution in [0, 0.1) is 11.3 Å². The second kappa shape index (κ2) is 4.43. The van der Waals surface area contributed by atoms with Crippen molar-refractivity contribution in [3.05, 3.63) is 19.8 Å². The number of rotatable bonds is 2. The molecule has 1 unspecified atom stereocenters. The number of hydrogen-bond acceptors (Lipinski definition) is 3. The second-order valence-corrected chi connectivity index (χ2v) is 5.31. The highest BCUT2D eigenvalue weighted by atomic mass is 79.9. The zero-order chi connectivity index (χ0) is 10.0. The van der Waals surface area contributed by atoms with Crippen LogP contribution in [0.25, 0.3) is 0 Å². The molecular formula is C8H8BrClN2S. The van der Waals surface area contributed by atoms with Crippen LogP contribution in [0.3, 0.4) is 0 Å². The van der Waals surface area contributed by atoms with Gasteiger partial charge < -0.3 is 0 Å². The minimum absolute atomic E-state index is 0.214. The lowest BCUT2D eigenvalue weighted by molar-refractivity contribution is 0.362. The molecule has 0 radical (unpaired) electrons. The highest BCUT2D eigenvalue weighted by Gasteiger charge is 2.16. The van der Waals surface area contributed by atoms with Crippen LogP contribution >= 0.6 is 38.9 Å². The smallest absolute Gasteiger partial charge is 0.132 e. The summed E-state index contributed by atoms with van der Waals surface area (Å²) in [7, 11) is 3.74. The van der Waals surface area contributed by atoms with Gasteiger partial charge in [-0.25, -0.2) is 0 Å². The maximum atomic E-state index is 8.91. The Labute approximate surface area is 94.9 Å². The molecule has 0 spiro atoms. The van der Waals surface area contributed by atoms with E-state index in [1.165, 1.54) is 11.3 Å². The van der Waals surface area contributed by atoms with Crippen LogP contribution in [-0.2, 0) is 0 Å². The Morgan fingerprint density at radius 2 is 2.31 bits per heavy atom. The SMILES string of the molecule is CN(C)C(C#N)c1cc(Br)c(Cl)s1. The van der Waals surface area contributed by atoms with Crippen molar-refractivity contribution in [2.45, 2.75) is 6.04 Å². The molecule has 0 aliphatic heterocycles. The average molecular weight is 280 g/mol. The lowest BCUT2D eigenvalue weighted by atomic mass is 10.2. The van der Waals surface area contributed by atoms with Crippen LogP contribution in [0.1, 0.15) is 10.9 Å². The predicted molar refractivity (Wildman–Crippen MR) is 59.1 cm³/mol. The molecule has 0 bridgehead atoms. The topological polar surface area (TPSA) is 27.0 Å². The van der Waals surface area contributed by atoms with Crippen molar-refractivity contribution < 1.29 is 0 Å². The molecule has 0 fully saturated rings. The molecule has 0 saturated heterocycles. The molecule has 2 nitrogen and oxygen atoms in total. The van der Waals surface area contributed by atoms with Gasteiger partial charge in [0, 0.05) is 9.35 Å². The van der Waals surface area contributed by atoms with Crippen LogP contribution in [-0.4, -0.2) is 19.0 Å². The average Bonchev–Trinajstić information content (AvgIpc) is 2.32. The third-order valence-corrected chi connectivity index (χ3v) is 4.10. The van der Waals surface area contributed by atoms with Crippen LogP contribution in [0.5, 0.6) is 0 Å². The van der Waals surface area contributed by atoms with Crippen molar-refractivity contribution in [2.75, 3.05) is 14.1 Å². The van der Waals surface area contributed by atoms with Gasteiger partial charge in [-0.15, -0.1) is 11.3 Å². The summed E-state index contributed by atoms with van der Waals surface area (Å²) in [5.41, 5.74) is 0. The first kappa shape index (κ1) is 11.0. The molecule has 0 amide bonds. The molecule has 1 aromatic rings. The predicted octanol–water partition coefficient (Wildman–Crippen LogP) is 3.29. The Hall–Kier alpha value is -0.0800. The molecule has 0 aliphatic carbocycles. The van der Waals surface area contributed by atoms with Crippen molar-refractivity contribution in [1.82, 2.24) is 4.90 Å². The van der Waals surface area contributed by atoms with E-state index in [-0.39, 0.29) is 6.04 Å². The quantitative estimate of drug-likeness (QED) is 0.830. The summed E-state index contributed by atoms with van der Waals surface area (Å²) < 4.78 is 1.55. The van der Waals surface area contributed by atoms with E-state index in [1.54, 1.807) is 0 Å². The van der Waals surface area contributed by atoms with Gasteiger partial charge in [-0.1, -0.05) is 11.6 Å².